The first-order valence-electron chi connectivity index (χ1n) is 10.1. The Morgan fingerprint density at radius 1 is 1.18 bits per heavy atom. The highest BCUT2D eigenvalue weighted by atomic mass is 32.2. The van der Waals surface area contributed by atoms with Crippen LogP contribution in [-0.4, -0.2) is 27.0 Å². The number of carbonyl (C=O) groups excluding carboxylic acids is 1. The van der Waals surface area contributed by atoms with E-state index in [-0.39, 0.29) is 22.5 Å². The number of halogens is 3. The van der Waals surface area contributed by atoms with Crippen LogP contribution in [0, 0.1) is 13.8 Å². The molecule has 3 aromatic rings. The number of amides is 1. The van der Waals surface area contributed by atoms with Crippen molar-refractivity contribution >= 4 is 35.1 Å². The zero-order chi connectivity index (χ0) is 23.8. The number of hydrogen-bond donors (Lipinski definition) is 1. The normalized spacial score (nSPS) is 13.1. The Morgan fingerprint density at radius 2 is 1.91 bits per heavy atom. The van der Waals surface area contributed by atoms with E-state index >= 15 is 0 Å². The Morgan fingerprint density at radius 3 is 2.61 bits per heavy atom. The molecule has 1 aliphatic heterocycles. The second-order valence-electron chi connectivity index (χ2n) is 7.67. The molecule has 10 heteroatoms. The molecule has 1 aromatic heterocycles. The highest BCUT2D eigenvalue weighted by Gasteiger charge is 2.31. The molecular formula is C23H20F3N3O2S2. The molecule has 2 heterocycles. The van der Waals surface area contributed by atoms with Gasteiger partial charge in [-0.1, -0.05) is 23.9 Å². The molecule has 1 amide bonds. The summed E-state index contributed by atoms with van der Waals surface area (Å²) in [5.41, 5.74) is 2.08. The van der Waals surface area contributed by atoms with E-state index in [0.717, 1.165) is 35.0 Å². The fourth-order valence-corrected chi connectivity index (χ4v) is 5.47. The fraction of sp³-hybridized carbons (Fsp3) is 0.261. The highest BCUT2D eigenvalue weighted by Crippen LogP contribution is 2.33. The third kappa shape index (κ3) is 5.27. The van der Waals surface area contributed by atoms with E-state index in [0.29, 0.717) is 28.5 Å². The zero-order valence-corrected chi connectivity index (χ0v) is 19.5. The van der Waals surface area contributed by atoms with Crippen molar-refractivity contribution in [2.24, 2.45) is 0 Å². The van der Waals surface area contributed by atoms with Gasteiger partial charge in [-0.05, 0) is 55.3 Å². The highest BCUT2D eigenvalue weighted by molar-refractivity contribution is 8.00. The lowest BCUT2D eigenvalue weighted by molar-refractivity contribution is -0.137. The number of aromatic nitrogens is 2. The average Bonchev–Trinajstić information content (AvgIpc) is 3.20. The topological polar surface area (TPSA) is 64.0 Å². The molecule has 0 unspecified atom stereocenters. The minimum absolute atomic E-state index is 0.0513. The van der Waals surface area contributed by atoms with Crippen molar-refractivity contribution in [2.75, 3.05) is 16.8 Å². The number of aryl methyl sites for hydroxylation is 3. The van der Waals surface area contributed by atoms with Crippen molar-refractivity contribution in [1.82, 2.24) is 9.55 Å². The summed E-state index contributed by atoms with van der Waals surface area (Å²) in [6, 6.07) is 10.3. The molecule has 5 nitrogen and oxygen atoms in total. The molecule has 0 spiro atoms. The van der Waals surface area contributed by atoms with Crippen LogP contribution in [0.2, 0.25) is 0 Å². The molecule has 2 aromatic carbocycles. The van der Waals surface area contributed by atoms with Crippen LogP contribution in [0.5, 0.6) is 0 Å². The summed E-state index contributed by atoms with van der Waals surface area (Å²) in [4.78, 5) is 30.7. The lowest BCUT2D eigenvalue weighted by Gasteiger charge is -2.15. The number of carbonyl (C=O) groups is 1. The van der Waals surface area contributed by atoms with Crippen LogP contribution in [0.3, 0.4) is 0 Å². The molecular weight excluding hydrogens is 471 g/mol. The minimum atomic E-state index is -4.54. The number of hydrogen-bond acceptors (Lipinski definition) is 5. The number of rotatable bonds is 5. The van der Waals surface area contributed by atoms with E-state index in [9.17, 15) is 22.8 Å². The molecule has 33 heavy (non-hydrogen) atoms. The number of nitrogens with one attached hydrogen (secondary N) is 1. The monoisotopic (exact) mass is 491 g/mol. The molecule has 0 atom stereocenters. The molecule has 172 valence electrons. The Labute approximate surface area is 196 Å². The van der Waals surface area contributed by atoms with Gasteiger partial charge in [0.05, 0.1) is 27.6 Å². The Bertz CT molecular complexity index is 1270. The predicted octanol–water partition coefficient (Wildman–Crippen LogP) is 5.25. The van der Waals surface area contributed by atoms with Gasteiger partial charge in [0.1, 0.15) is 0 Å². The van der Waals surface area contributed by atoms with Crippen LogP contribution < -0.4 is 10.9 Å². The number of nitrogens with zero attached hydrogens (tertiary/aromatic N) is 2. The third-order valence-electron chi connectivity index (χ3n) is 4.94. The van der Waals surface area contributed by atoms with Crippen molar-refractivity contribution in [3.63, 3.8) is 0 Å². The first-order chi connectivity index (χ1) is 15.6. The maximum absolute atomic E-state index is 13.3. The fourth-order valence-electron chi connectivity index (χ4n) is 3.61. The summed E-state index contributed by atoms with van der Waals surface area (Å²) in [6.07, 6.45) is -3.95. The molecule has 4 rings (SSSR count). The van der Waals surface area contributed by atoms with E-state index in [1.807, 2.05) is 32.0 Å². The molecule has 0 bridgehead atoms. The Kier molecular flexibility index (Phi) is 6.58. The van der Waals surface area contributed by atoms with Gasteiger partial charge in [0.2, 0.25) is 5.91 Å². The lowest BCUT2D eigenvalue weighted by Crippen LogP contribution is -2.25. The van der Waals surface area contributed by atoms with Gasteiger partial charge in [-0.3, -0.25) is 14.2 Å². The standard InChI is InChI=1S/C23H20F3N3O2S2/c1-13-8-14(2)10-16(9-13)27-19(30)12-33-22-28-18-6-7-32-20(18)21(31)29(22)17-5-3-4-15(11-17)23(24,25)26/h3-5,8-11H,6-7,12H2,1-2H3,(H,27,30). The largest absolute Gasteiger partial charge is 0.416 e. The van der Waals surface area contributed by atoms with Crippen LogP contribution in [-0.2, 0) is 17.4 Å². The molecule has 0 fully saturated rings. The maximum Gasteiger partial charge on any atom is 0.416 e. The van der Waals surface area contributed by atoms with Crippen molar-refractivity contribution < 1.29 is 18.0 Å². The van der Waals surface area contributed by atoms with Crippen molar-refractivity contribution in [2.45, 2.75) is 36.5 Å². The first-order valence-corrected chi connectivity index (χ1v) is 12.1. The molecule has 1 N–H and O–H groups in total. The van der Waals surface area contributed by atoms with Gasteiger partial charge in [-0.2, -0.15) is 13.2 Å². The van der Waals surface area contributed by atoms with E-state index in [1.54, 1.807) is 0 Å². The van der Waals surface area contributed by atoms with E-state index in [4.69, 9.17) is 0 Å². The van der Waals surface area contributed by atoms with Gasteiger partial charge < -0.3 is 5.32 Å². The van der Waals surface area contributed by atoms with E-state index in [1.165, 1.54) is 28.5 Å². The van der Waals surface area contributed by atoms with Crippen LogP contribution in [0.25, 0.3) is 5.69 Å². The number of fused-ring (bicyclic) bond motifs is 1. The van der Waals surface area contributed by atoms with Gasteiger partial charge in [-0.15, -0.1) is 11.8 Å². The second-order valence-corrected chi connectivity index (χ2v) is 9.72. The smallest absolute Gasteiger partial charge is 0.325 e. The molecule has 0 aliphatic carbocycles. The second kappa shape index (κ2) is 9.26. The molecule has 0 radical (unpaired) electrons. The summed E-state index contributed by atoms with van der Waals surface area (Å²) in [7, 11) is 0. The van der Waals surface area contributed by atoms with Crippen molar-refractivity contribution in [3.8, 4) is 5.69 Å². The SMILES string of the molecule is Cc1cc(C)cc(NC(=O)CSc2nc3c(c(=O)n2-c2cccc(C(F)(F)F)c2)SCC3)c1. The number of thioether (sulfide) groups is 2. The lowest BCUT2D eigenvalue weighted by atomic mass is 10.1. The predicted molar refractivity (Wildman–Crippen MR) is 125 cm³/mol. The van der Waals surface area contributed by atoms with Crippen LogP contribution >= 0.6 is 23.5 Å². The van der Waals surface area contributed by atoms with Crippen LogP contribution in [0.1, 0.15) is 22.4 Å². The summed E-state index contributed by atoms with van der Waals surface area (Å²) in [5, 5.41) is 3.01. The average molecular weight is 492 g/mol. The Hall–Kier alpha value is -2.72. The third-order valence-corrected chi connectivity index (χ3v) is 6.98. The van der Waals surface area contributed by atoms with Gasteiger partial charge >= 0.3 is 6.18 Å². The number of alkyl halides is 3. The molecule has 1 aliphatic rings. The quantitative estimate of drug-likeness (QED) is 0.390. The maximum atomic E-state index is 13.3. The van der Waals surface area contributed by atoms with Gasteiger partial charge in [0, 0.05) is 17.9 Å². The summed E-state index contributed by atoms with van der Waals surface area (Å²) < 4.78 is 40.9. The number of anilines is 1. The number of benzene rings is 2. The van der Waals surface area contributed by atoms with E-state index in [2.05, 4.69) is 10.3 Å². The van der Waals surface area contributed by atoms with Crippen molar-refractivity contribution in [1.29, 1.82) is 0 Å². The molecule has 0 saturated heterocycles. The van der Waals surface area contributed by atoms with Crippen LogP contribution in [0.4, 0.5) is 18.9 Å². The molecule has 0 saturated carbocycles. The summed E-state index contributed by atoms with van der Waals surface area (Å²) in [5.74, 6) is 0.330. The minimum Gasteiger partial charge on any atom is -0.325 e. The Balaban J connectivity index is 1.65. The van der Waals surface area contributed by atoms with Gasteiger partial charge in [0.15, 0.2) is 5.16 Å². The van der Waals surface area contributed by atoms with Crippen molar-refractivity contribution in [3.05, 3.63) is 75.2 Å². The van der Waals surface area contributed by atoms with Gasteiger partial charge in [-0.25, -0.2) is 4.98 Å². The summed E-state index contributed by atoms with van der Waals surface area (Å²) >= 11 is 2.36. The van der Waals surface area contributed by atoms with Crippen LogP contribution in [0.15, 0.2) is 57.3 Å². The van der Waals surface area contributed by atoms with E-state index < -0.39 is 17.3 Å². The van der Waals surface area contributed by atoms with Gasteiger partial charge in [0.25, 0.3) is 5.56 Å². The summed E-state index contributed by atoms with van der Waals surface area (Å²) in [6.45, 7) is 3.86. The first kappa shape index (κ1) is 23.4. The zero-order valence-electron chi connectivity index (χ0n) is 17.8.